The molecule has 2 nitrogen and oxygen atoms in total. The number of rotatable bonds is 3. The van der Waals surface area contributed by atoms with Crippen molar-refractivity contribution in [3.05, 3.63) is 56.0 Å². The lowest BCUT2D eigenvalue weighted by Gasteiger charge is -2.13. The van der Waals surface area contributed by atoms with E-state index in [1.807, 2.05) is 0 Å². The second-order valence-electron chi connectivity index (χ2n) is 3.96. The van der Waals surface area contributed by atoms with Crippen molar-refractivity contribution in [3.8, 4) is 0 Å². The lowest BCUT2D eigenvalue weighted by Crippen LogP contribution is -2.28. The van der Waals surface area contributed by atoms with Gasteiger partial charge < -0.3 is 0 Å². The van der Waals surface area contributed by atoms with Gasteiger partial charge in [0.1, 0.15) is 0 Å². The van der Waals surface area contributed by atoms with Crippen LogP contribution < -0.4 is 11.3 Å². The molecule has 0 aliphatic rings. The molecular weight excluding hydrogens is 328 g/mol. The molecule has 0 bridgehead atoms. The summed E-state index contributed by atoms with van der Waals surface area (Å²) in [5, 5.41) is 5.47. The van der Waals surface area contributed by atoms with Gasteiger partial charge in [0.05, 0.1) is 6.04 Å². The number of nitrogens with one attached hydrogen (secondary N) is 1. The van der Waals surface area contributed by atoms with Crippen molar-refractivity contribution in [3.63, 3.8) is 0 Å². The van der Waals surface area contributed by atoms with E-state index in [0.29, 0.717) is 0 Å². The smallest absolute Gasteiger partial charge is 0.0821 e. The lowest BCUT2D eigenvalue weighted by molar-refractivity contribution is 0.646. The third-order valence-electron chi connectivity index (χ3n) is 2.85. The standard InChI is InChI=1S/C13H11BrN2S2/c14-10-7-17-6-9(10)13(16-15)12-5-8-3-1-2-4-11(8)18-12/h1-7,13,16H,15H2. The molecule has 1 unspecified atom stereocenters. The normalized spacial score (nSPS) is 13.0. The summed E-state index contributed by atoms with van der Waals surface area (Å²) >= 11 is 7.02. The highest BCUT2D eigenvalue weighted by atomic mass is 79.9. The fraction of sp³-hybridized carbons (Fsp3) is 0.0769. The molecule has 1 atom stereocenters. The van der Waals surface area contributed by atoms with E-state index in [1.54, 1.807) is 22.7 Å². The molecule has 0 fully saturated rings. The van der Waals surface area contributed by atoms with E-state index in [0.717, 1.165) is 4.47 Å². The molecule has 2 heterocycles. The van der Waals surface area contributed by atoms with Gasteiger partial charge in [0.15, 0.2) is 0 Å². The number of thiophene rings is 2. The lowest BCUT2D eigenvalue weighted by atomic mass is 10.1. The zero-order valence-corrected chi connectivity index (χ0v) is 12.6. The largest absolute Gasteiger partial charge is 0.271 e. The van der Waals surface area contributed by atoms with Crippen LogP contribution in [0.5, 0.6) is 0 Å². The molecule has 0 radical (unpaired) electrons. The summed E-state index contributed by atoms with van der Waals surface area (Å²) in [6, 6.07) is 10.6. The first kappa shape index (κ1) is 12.3. The van der Waals surface area contributed by atoms with E-state index in [1.165, 1.54) is 20.5 Å². The number of nitrogens with two attached hydrogens (primary N) is 1. The Morgan fingerprint density at radius 3 is 2.72 bits per heavy atom. The van der Waals surface area contributed by atoms with Crippen molar-refractivity contribution in [2.24, 2.45) is 5.84 Å². The van der Waals surface area contributed by atoms with Gasteiger partial charge in [-0.05, 0) is 38.8 Å². The Labute approximate surface area is 122 Å². The molecule has 3 aromatic rings. The van der Waals surface area contributed by atoms with Crippen molar-refractivity contribution in [1.82, 2.24) is 5.43 Å². The number of hydrogen-bond donors (Lipinski definition) is 2. The number of halogens is 1. The Balaban J connectivity index is 2.09. The minimum absolute atomic E-state index is 0.0445. The summed E-state index contributed by atoms with van der Waals surface area (Å²) in [4.78, 5) is 1.23. The number of benzene rings is 1. The monoisotopic (exact) mass is 338 g/mol. The topological polar surface area (TPSA) is 38.0 Å². The van der Waals surface area contributed by atoms with E-state index in [9.17, 15) is 0 Å². The molecule has 0 aliphatic carbocycles. The molecule has 92 valence electrons. The first-order valence-corrected chi connectivity index (χ1v) is 8.01. The SMILES string of the molecule is NNC(c1cc2ccccc2s1)c1cscc1Br. The minimum Gasteiger partial charge on any atom is -0.271 e. The number of hydrazine groups is 1. The molecular formula is C13H11BrN2S2. The van der Waals surface area contributed by atoms with Crippen LogP contribution in [0.2, 0.25) is 0 Å². The third-order valence-corrected chi connectivity index (χ3v) is 5.78. The van der Waals surface area contributed by atoms with E-state index < -0.39 is 0 Å². The minimum atomic E-state index is 0.0445. The van der Waals surface area contributed by atoms with Crippen LogP contribution in [0.3, 0.4) is 0 Å². The van der Waals surface area contributed by atoms with Crippen LogP contribution in [-0.2, 0) is 0 Å². The molecule has 1 aromatic carbocycles. The van der Waals surface area contributed by atoms with Gasteiger partial charge in [0.2, 0.25) is 0 Å². The Hall–Kier alpha value is -0.720. The maximum atomic E-state index is 5.73. The molecule has 0 amide bonds. The highest BCUT2D eigenvalue weighted by molar-refractivity contribution is 9.10. The van der Waals surface area contributed by atoms with E-state index in [2.05, 4.69) is 62.4 Å². The van der Waals surface area contributed by atoms with Crippen LogP contribution in [0.1, 0.15) is 16.5 Å². The summed E-state index contributed by atoms with van der Waals surface area (Å²) in [7, 11) is 0. The van der Waals surface area contributed by atoms with Gasteiger partial charge in [-0.25, -0.2) is 5.43 Å². The van der Waals surface area contributed by atoms with Crippen molar-refractivity contribution >= 4 is 48.7 Å². The molecule has 0 aliphatic heterocycles. The van der Waals surface area contributed by atoms with Crippen LogP contribution in [0, 0.1) is 0 Å². The van der Waals surface area contributed by atoms with Crippen molar-refractivity contribution in [2.75, 3.05) is 0 Å². The summed E-state index contributed by atoms with van der Waals surface area (Å²) < 4.78 is 2.40. The molecule has 5 heteroatoms. The first-order valence-electron chi connectivity index (χ1n) is 5.46. The molecule has 3 rings (SSSR count). The average molecular weight is 339 g/mol. The van der Waals surface area contributed by atoms with Crippen LogP contribution >= 0.6 is 38.6 Å². The van der Waals surface area contributed by atoms with Crippen molar-refractivity contribution in [2.45, 2.75) is 6.04 Å². The molecule has 0 saturated heterocycles. The van der Waals surface area contributed by atoms with E-state index >= 15 is 0 Å². The summed E-state index contributed by atoms with van der Waals surface area (Å²) in [5.74, 6) is 5.73. The van der Waals surface area contributed by atoms with Crippen LogP contribution in [-0.4, -0.2) is 0 Å². The zero-order valence-electron chi connectivity index (χ0n) is 9.39. The van der Waals surface area contributed by atoms with E-state index in [4.69, 9.17) is 5.84 Å². The molecule has 0 spiro atoms. The zero-order chi connectivity index (χ0) is 12.5. The highest BCUT2D eigenvalue weighted by Crippen LogP contribution is 2.36. The number of hydrogen-bond acceptors (Lipinski definition) is 4. The van der Waals surface area contributed by atoms with Crippen molar-refractivity contribution < 1.29 is 0 Å². The Bertz CT molecular complexity index is 641. The predicted molar refractivity (Wildman–Crippen MR) is 83.0 cm³/mol. The van der Waals surface area contributed by atoms with Gasteiger partial charge in [-0.3, -0.25) is 5.84 Å². The number of fused-ring (bicyclic) bond motifs is 1. The van der Waals surface area contributed by atoms with Crippen LogP contribution in [0.15, 0.2) is 45.6 Å². The maximum absolute atomic E-state index is 5.73. The van der Waals surface area contributed by atoms with Gasteiger partial charge in [-0.1, -0.05) is 18.2 Å². The Morgan fingerprint density at radius 2 is 2.06 bits per heavy atom. The molecule has 2 aromatic heterocycles. The summed E-state index contributed by atoms with van der Waals surface area (Å²) in [5.41, 5.74) is 4.10. The first-order chi connectivity index (χ1) is 8.79. The molecule has 18 heavy (non-hydrogen) atoms. The quantitative estimate of drug-likeness (QED) is 0.552. The molecule has 3 N–H and O–H groups in total. The van der Waals surface area contributed by atoms with Gasteiger partial charge >= 0.3 is 0 Å². The van der Waals surface area contributed by atoms with Gasteiger partial charge in [-0.2, -0.15) is 11.3 Å². The van der Waals surface area contributed by atoms with Gasteiger partial charge in [0.25, 0.3) is 0 Å². The fourth-order valence-electron chi connectivity index (χ4n) is 1.97. The average Bonchev–Trinajstić information content (AvgIpc) is 2.97. The second kappa shape index (κ2) is 5.11. The summed E-state index contributed by atoms with van der Waals surface area (Å²) in [6.07, 6.45) is 0. The molecule has 0 saturated carbocycles. The second-order valence-corrected chi connectivity index (χ2v) is 6.67. The van der Waals surface area contributed by atoms with Crippen LogP contribution in [0.4, 0.5) is 0 Å². The highest BCUT2D eigenvalue weighted by Gasteiger charge is 2.18. The Kier molecular flexibility index (Phi) is 3.50. The van der Waals surface area contributed by atoms with Crippen molar-refractivity contribution in [1.29, 1.82) is 0 Å². The predicted octanol–water partition coefficient (Wildman–Crippen LogP) is 4.28. The van der Waals surface area contributed by atoms with Gasteiger partial charge in [-0.15, -0.1) is 11.3 Å². The van der Waals surface area contributed by atoms with E-state index in [-0.39, 0.29) is 6.04 Å². The fourth-order valence-corrected chi connectivity index (χ4v) is 4.66. The summed E-state index contributed by atoms with van der Waals surface area (Å²) in [6.45, 7) is 0. The maximum Gasteiger partial charge on any atom is 0.0821 e. The van der Waals surface area contributed by atoms with Crippen LogP contribution in [0.25, 0.3) is 10.1 Å². The third kappa shape index (κ3) is 2.13. The Morgan fingerprint density at radius 1 is 1.22 bits per heavy atom. The van der Waals surface area contributed by atoms with Gasteiger partial charge in [0, 0.05) is 25.0 Å².